The first kappa shape index (κ1) is 19.1. The maximum atomic E-state index is 12.3. The zero-order valence-corrected chi connectivity index (χ0v) is 16.6. The molecule has 0 unspecified atom stereocenters. The van der Waals surface area contributed by atoms with Crippen molar-refractivity contribution in [1.29, 1.82) is 5.26 Å². The third kappa shape index (κ3) is 4.60. The molecule has 1 aliphatic heterocycles. The van der Waals surface area contributed by atoms with Gasteiger partial charge in [0.1, 0.15) is 5.76 Å². The number of carbonyl (C=O) groups excluding carboxylic acids is 1. The largest absolute Gasteiger partial charge is 0.467 e. The van der Waals surface area contributed by atoms with Crippen molar-refractivity contribution in [1.82, 2.24) is 14.8 Å². The van der Waals surface area contributed by atoms with Gasteiger partial charge in [0, 0.05) is 18.8 Å². The van der Waals surface area contributed by atoms with E-state index in [1.54, 1.807) is 30.5 Å². The third-order valence-corrected chi connectivity index (χ3v) is 5.58. The van der Waals surface area contributed by atoms with E-state index in [1.165, 1.54) is 11.8 Å². The molecule has 0 spiro atoms. The minimum atomic E-state index is -0.144. The van der Waals surface area contributed by atoms with Gasteiger partial charge in [0.15, 0.2) is 5.16 Å². The molecule has 1 amide bonds. The van der Waals surface area contributed by atoms with E-state index in [4.69, 9.17) is 9.68 Å². The average Bonchev–Trinajstić information content (AvgIpc) is 3.50. The average molecular weight is 408 g/mol. The number of hydrogen-bond acceptors (Lipinski definition) is 7. The van der Waals surface area contributed by atoms with Gasteiger partial charge in [-0.15, -0.1) is 10.2 Å². The zero-order chi connectivity index (χ0) is 20.1. The van der Waals surface area contributed by atoms with Crippen LogP contribution in [0.25, 0.3) is 0 Å². The smallest absolute Gasteiger partial charge is 0.234 e. The Kier molecular flexibility index (Phi) is 5.81. The second-order valence-corrected chi connectivity index (χ2v) is 7.61. The summed E-state index contributed by atoms with van der Waals surface area (Å²) < 4.78 is 7.50. The minimum Gasteiger partial charge on any atom is -0.467 e. The molecule has 1 saturated heterocycles. The van der Waals surface area contributed by atoms with E-state index < -0.39 is 0 Å². The van der Waals surface area contributed by atoms with Gasteiger partial charge in [0.25, 0.3) is 0 Å². The summed E-state index contributed by atoms with van der Waals surface area (Å²) in [5, 5.41) is 21.1. The molecule has 0 saturated carbocycles. The lowest BCUT2D eigenvalue weighted by Gasteiger charge is -2.17. The Morgan fingerprint density at radius 2 is 2.00 bits per heavy atom. The SMILES string of the molecule is N#Cc1ccc(NC(=O)CSc2nnc(N3CCCC3)n2Cc2ccco2)cc1. The highest BCUT2D eigenvalue weighted by Crippen LogP contribution is 2.26. The molecule has 9 heteroatoms. The van der Waals surface area contributed by atoms with Crippen molar-refractivity contribution in [2.45, 2.75) is 24.5 Å². The Bertz CT molecular complexity index is 1000. The Morgan fingerprint density at radius 3 is 2.69 bits per heavy atom. The molecular formula is C20H20N6O2S. The van der Waals surface area contributed by atoms with E-state index in [0.29, 0.717) is 23.0 Å². The van der Waals surface area contributed by atoms with Crippen molar-refractivity contribution < 1.29 is 9.21 Å². The molecule has 1 fully saturated rings. The van der Waals surface area contributed by atoms with E-state index in [2.05, 4.69) is 26.5 Å². The van der Waals surface area contributed by atoms with Gasteiger partial charge in [-0.3, -0.25) is 9.36 Å². The molecule has 0 bridgehead atoms. The first-order chi connectivity index (χ1) is 14.2. The van der Waals surface area contributed by atoms with Crippen LogP contribution in [0.3, 0.4) is 0 Å². The number of rotatable bonds is 7. The highest BCUT2D eigenvalue weighted by molar-refractivity contribution is 7.99. The van der Waals surface area contributed by atoms with Crippen LogP contribution in [0.4, 0.5) is 11.6 Å². The monoisotopic (exact) mass is 408 g/mol. The number of nitrogens with one attached hydrogen (secondary N) is 1. The molecular weight excluding hydrogens is 388 g/mol. The Morgan fingerprint density at radius 1 is 1.21 bits per heavy atom. The number of benzene rings is 1. The maximum absolute atomic E-state index is 12.3. The number of furan rings is 1. The summed E-state index contributed by atoms with van der Waals surface area (Å²) in [5.74, 6) is 1.69. The van der Waals surface area contributed by atoms with E-state index in [9.17, 15) is 4.79 Å². The molecule has 0 radical (unpaired) electrons. The summed E-state index contributed by atoms with van der Waals surface area (Å²) in [6, 6.07) is 12.6. The van der Waals surface area contributed by atoms with Gasteiger partial charge in [0.05, 0.1) is 30.2 Å². The van der Waals surface area contributed by atoms with Crippen LogP contribution in [0.15, 0.2) is 52.2 Å². The lowest BCUT2D eigenvalue weighted by Crippen LogP contribution is -2.22. The summed E-state index contributed by atoms with van der Waals surface area (Å²) >= 11 is 1.34. The molecule has 8 nitrogen and oxygen atoms in total. The van der Waals surface area contributed by atoms with Gasteiger partial charge in [-0.25, -0.2) is 0 Å². The van der Waals surface area contributed by atoms with Crippen molar-refractivity contribution in [2.24, 2.45) is 0 Å². The zero-order valence-electron chi connectivity index (χ0n) is 15.7. The Labute approximate surface area is 172 Å². The number of amides is 1. The summed E-state index contributed by atoms with van der Waals surface area (Å²) in [6.45, 7) is 2.44. The fourth-order valence-corrected chi connectivity index (χ4v) is 3.92. The van der Waals surface area contributed by atoms with E-state index in [1.807, 2.05) is 16.7 Å². The first-order valence-electron chi connectivity index (χ1n) is 9.36. The predicted molar refractivity (Wildman–Crippen MR) is 110 cm³/mol. The summed E-state index contributed by atoms with van der Waals surface area (Å²) in [4.78, 5) is 14.6. The lowest BCUT2D eigenvalue weighted by atomic mass is 10.2. The maximum Gasteiger partial charge on any atom is 0.234 e. The molecule has 1 N–H and O–H groups in total. The molecule has 1 aliphatic rings. The van der Waals surface area contributed by atoms with Crippen LogP contribution in [0.1, 0.15) is 24.2 Å². The van der Waals surface area contributed by atoms with Crippen molar-refractivity contribution in [2.75, 3.05) is 29.1 Å². The summed E-state index contributed by atoms with van der Waals surface area (Å²) in [7, 11) is 0. The van der Waals surface area contributed by atoms with Crippen LogP contribution >= 0.6 is 11.8 Å². The van der Waals surface area contributed by atoms with Gasteiger partial charge in [-0.1, -0.05) is 11.8 Å². The van der Waals surface area contributed by atoms with Gasteiger partial charge in [0.2, 0.25) is 11.9 Å². The van der Waals surface area contributed by atoms with Gasteiger partial charge in [-0.05, 0) is 49.2 Å². The molecule has 4 rings (SSSR count). The second-order valence-electron chi connectivity index (χ2n) is 6.67. The fourth-order valence-electron chi connectivity index (χ4n) is 3.19. The lowest BCUT2D eigenvalue weighted by molar-refractivity contribution is -0.113. The number of hydrogen-bond donors (Lipinski definition) is 1. The second kappa shape index (κ2) is 8.84. The van der Waals surface area contributed by atoms with Gasteiger partial charge in [-0.2, -0.15) is 5.26 Å². The number of aromatic nitrogens is 3. The molecule has 148 valence electrons. The number of anilines is 2. The van der Waals surface area contributed by atoms with Crippen molar-refractivity contribution >= 4 is 29.3 Å². The summed E-state index contributed by atoms with van der Waals surface area (Å²) in [5.41, 5.74) is 1.21. The fraction of sp³-hybridized carbons (Fsp3) is 0.300. The Balaban J connectivity index is 1.44. The Hall–Kier alpha value is -3.25. The molecule has 1 aromatic carbocycles. The third-order valence-electron chi connectivity index (χ3n) is 4.61. The summed E-state index contributed by atoms with van der Waals surface area (Å²) in [6.07, 6.45) is 3.93. The van der Waals surface area contributed by atoms with Gasteiger partial charge >= 0.3 is 0 Å². The molecule has 0 aliphatic carbocycles. The number of nitrogens with zero attached hydrogens (tertiary/aromatic N) is 5. The van der Waals surface area contributed by atoms with Crippen LogP contribution in [0.5, 0.6) is 0 Å². The molecule has 2 aromatic heterocycles. The first-order valence-corrected chi connectivity index (χ1v) is 10.3. The van der Waals surface area contributed by atoms with Crippen LogP contribution in [-0.4, -0.2) is 39.5 Å². The molecule has 3 heterocycles. The minimum absolute atomic E-state index is 0.144. The van der Waals surface area contributed by atoms with Crippen LogP contribution in [0.2, 0.25) is 0 Å². The van der Waals surface area contributed by atoms with Gasteiger partial charge < -0.3 is 14.6 Å². The highest BCUT2D eigenvalue weighted by atomic mass is 32.2. The number of nitriles is 1. The molecule has 0 atom stereocenters. The van der Waals surface area contributed by atoms with Crippen molar-refractivity contribution in [3.63, 3.8) is 0 Å². The normalized spacial score (nSPS) is 13.4. The van der Waals surface area contributed by atoms with Crippen LogP contribution in [0, 0.1) is 11.3 Å². The standard InChI is InChI=1S/C20H20N6O2S/c21-12-15-5-7-16(8-6-15)22-18(27)14-29-20-24-23-19(25-9-1-2-10-25)26(20)13-17-4-3-11-28-17/h3-8,11H,1-2,9-10,13-14H2,(H,22,27). The van der Waals surface area contributed by atoms with Crippen LogP contribution < -0.4 is 10.2 Å². The van der Waals surface area contributed by atoms with E-state index in [-0.39, 0.29) is 11.7 Å². The van der Waals surface area contributed by atoms with Crippen molar-refractivity contribution in [3.05, 3.63) is 54.0 Å². The topological polar surface area (TPSA) is 100.0 Å². The number of thioether (sulfide) groups is 1. The predicted octanol–water partition coefficient (Wildman–Crippen LogP) is 3.12. The molecule has 3 aromatic rings. The highest BCUT2D eigenvalue weighted by Gasteiger charge is 2.22. The van der Waals surface area contributed by atoms with E-state index in [0.717, 1.165) is 37.6 Å². The number of carbonyl (C=O) groups is 1. The van der Waals surface area contributed by atoms with Crippen LogP contribution in [-0.2, 0) is 11.3 Å². The van der Waals surface area contributed by atoms with Crippen molar-refractivity contribution in [3.8, 4) is 6.07 Å². The molecule has 29 heavy (non-hydrogen) atoms. The quantitative estimate of drug-likeness (QED) is 0.600. The van der Waals surface area contributed by atoms with E-state index >= 15 is 0 Å².